The zero-order chi connectivity index (χ0) is 17.4. The maximum Gasteiger partial charge on any atom is 0.265 e. The van der Waals surface area contributed by atoms with E-state index in [0.29, 0.717) is 23.0 Å². The van der Waals surface area contributed by atoms with Crippen LogP contribution >= 0.6 is 0 Å². The van der Waals surface area contributed by atoms with Gasteiger partial charge >= 0.3 is 0 Å². The molecule has 25 heavy (non-hydrogen) atoms. The Balaban J connectivity index is 1.69. The SMILES string of the molecule is Cc1oc(-c2ccno2)cc1S(=O)(=O)Nc1cccc2c1CCCC2. The van der Waals surface area contributed by atoms with Gasteiger partial charge in [-0.1, -0.05) is 17.3 Å². The van der Waals surface area contributed by atoms with E-state index in [1.54, 1.807) is 13.0 Å². The number of nitrogens with one attached hydrogen (secondary N) is 1. The molecule has 2 aromatic heterocycles. The summed E-state index contributed by atoms with van der Waals surface area (Å²) in [7, 11) is -3.75. The van der Waals surface area contributed by atoms with Gasteiger partial charge in [0, 0.05) is 12.1 Å². The van der Waals surface area contributed by atoms with E-state index in [4.69, 9.17) is 8.94 Å². The van der Waals surface area contributed by atoms with Gasteiger partial charge < -0.3 is 8.94 Å². The van der Waals surface area contributed by atoms with Gasteiger partial charge in [0.15, 0.2) is 5.76 Å². The van der Waals surface area contributed by atoms with Crippen LogP contribution in [0.3, 0.4) is 0 Å². The molecule has 1 N–H and O–H groups in total. The summed E-state index contributed by atoms with van der Waals surface area (Å²) in [5, 5.41) is 3.62. The van der Waals surface area contributed by atoms with Crippen LogP contribution in [0.4, 0.5) is 5.69 Å². The summed E-state index contributed by atoms with van der Waals surface area (Å²) in [5.74, 6) is 1.04. The Morgan fingerprint density at radius 2 is 1.96 bits per heavy atom. The first-order valence-corrected chi connectivity index (χ1v) is 9.68. The van der Waals surface area contributed by atoms with Crippen molar-refractivity contribution in [3.8, 4) is 11.5 Å². The lowest BCUT2D eigenvalue weighted by atomic mass is 9.91. The molecule has 3 aromatic rings. The number of hydrogen-bond acceptors (Lipinski definition) is 5. The number of rotatable bonds is 4. The second-order valence-corrected chi connectivity index (χ2v) is 7.81. The molecule has 1 aromatic carbocycles. The number of fused-ring (bicyclic) bond motifs is 1. The predicted octanol–water partition coefficient (Wildman–Crippen LogP) is 3.92. The molecule has 1 aliphatic rings. The fourth-order valence-corrected chi connectivity index (χ4v) is 4.55. The van der Waals surface area contributed by atoms with Crippen molar-refractivity contribution in [2.75, 3.05) is 4.72 Å². The van der Waals surface area contributed by atoms with Gasteiger partial charge in [0.05, 0.1) is 11.9 Å². The van der Waals surface area contributed by atoms with Crippen LogP contribution in [0.15, 0.2) is 50.4 Å². The summed E-state index contributed by atoms with van der Waals surface area (Å²) >= 11 is 0. The minimum absolute atomic E-state index is 0.104. The molecular weight excluding hydrogens is 340 g/mol. The van der Waals surface area contributed by atoms with Crippen LogP contribution in [-0.2, 0) is 22.9 Å². The Labute approximate surface area is 145 Å². The average Bonchev–Trinajstić information content (AvgIpc) is 3.24. The summed E-state index contributed by atoms with van der Waals surface area (Å²) in [6, 6.07) is 8.86. The number of nitrogens with zero attached hydrogens (tertiary/aromatic N) is 1. The van der Waals surface area contributed by atoms with Gasteiger partial charge in [-0.3, -0.25) is 4.72 Å². The Hall–Kier alpha value is -2.54. The molecule has 0 saturated heterocycles. The van der Waals surface area contributed by atoms with Crippen molar-refractivity contribution in [1.29, 1.82) is 0 Å². The van der Waals surface area contributed by atoms with Gasteiger partial charge in [-0.25, -0.2) is 8.42 Å². The van der Waals surface area contributed by atoms with Crippen LogP contribution in [-0.4, -0.2) is 13.6 Å². The van der Waals surface area contributed by atoms with Crippen molar-refractivity contribution >= 4 is 15.7 Å². The maximum absolute atomic E-state index is 12.9. The highest BCUT2D eigenvalue weighted by molar-refractivity contribution is 7.92. The number of furan rings is 1. The number of sulfonamides is 1. The molecule has 1 aliphatic carbocycles. The summed E-state index contributed by atoms with van der Waals surface area (Å²) in [6.07, 6.45) is 5.58. The van der Waals surface area contributed by atoms with E-state index in [-0.39, 0.29) is 4.90 Å². The highest BCUT2D eigenvalue weighted by Gasteiger charge is 2.25. The molecule has 0 aliphatic heterocycles. The second kappa shape index (κ2) is 6.07. The van der Waals surface area contributed by atoms with E-state index in [0.717, 1.165) is 31.2 Å². The van der Waals surface area contributed by atoms with Gasteiger partial charge in [-0.15, -0.1) is 0 Å². The monoisotopic (exact) mass is 358 g/mol. The van der Waals surface area contributed by atoms with E-state index in [2.05, 4.69) is 15.9 Å². The third-order valence-corrected chi connectivity index (χ3v) is 5.96. The van der Waals surface area contributed by atoms with E-state index in [1.165, 1.54) is 17.8 Å². The highest BCUT2D eigenvalue weighted by Crippen LogP contribution is 2.32. The molecule has 0 radical (unpaired) electrons. The predicted molar refractivity (Wildman–Crippen MR) is 92.8 cm³/mol. The maximum atomic E-state index is 12.9. The van der Waals surface area contributed by atoms with Crippen LogP contribution in [0.25, 0.3) is 11.5 Å². The lowest BCUT2D eigenvalue weighted by Crippen LogP contribution is -2.16. The van der Waals surface area contributed by atoms with Crippen LogP contribution < -0.4 is 4.72 Å². The molecule has 6 nitrogen and oxygen atoms in total. The van der Waals surface area contributed by atoms with Crippen LogP contribution in [0.2, 0.25) is 0 Å². The highest BCUT2D eigenvalue weighted by atomic mass is 32.2. The van der Waals surface area contributed by atoms with Crippen molar-refractivity contribution in [3.05, 3.63) is 53.4 Å². The number of aromatic nitrogens is 1. The molecule has 0 fully saturated rings. The zero-order valence-electron chi connectivity index (χ0n) is 13.8. The first-order chi connectivity index (χ1) is 12.0. The Kier molecular flexibility index (Phi) is 3.88. The third-order valence-electron chi connectivity index (χ3n) is 4.48. The van der Waals surface area contributed by atoms with E-state index >= 15 is 0 Å². The second-order valence-electron chi connectivity index (χ2n) is 6.16. The van der Waals surface area contributed by atoms with Crippen molar-refractivity contribution in [1.82, 2.24) is 5.16 Å². The number of hydrogen-bond donors (Lipinski definition) is 1. The van der Waals surface area contributed by atoms with Crippen molar-refractivity contribution in [3.63, 3.8) is 0 Å². The van der Waals surface area contributed by atoms with Gasteiger partial charge in [0.2, 0.25) is 5.76 Å². The van der Waals surface area contributed by atoms with E-state index in [1.807, 2.05) is 12.1 Å². The van der Waals surface area contributed by atoms with Crippen molar-refractivity contribution < 1.29 is 17.4 Å². The Bertz CT molecular complexity index is 1000. The molecule has 0 atom stereocenters. The largest absolute Gasteiger partial charge is 0.456 e. The van der Waals surface area contributed by atoms with Crippen molar-refractivity contribution in [2.45, 2.75) is 37.5 Å². The summed E-state index contributed by atoms with van der Waals surface area (Å²) in [6.45, 7) is 1.62. The lowest BCUT2D eigenvalue weighted by molar-refractivity contribution is 0.414. The average molecular weight is 358 g/mol. The molecule has 7 heteroatoms. The third kappa shape index (κ3) is 2.95. The number of anilines is 1. The van der Waals surface area contributed by atoms with Crippen LogP contribution in [0.5, 0.6) is 0 Å². The molecule has 0 unspecified atom stereocenters. The first kappa shape index (κ1) is 16.0. The molecule has 0 bridgehead atoms. The molecule has 2 heterocycles. The van der Waals surface area contributed by atoms with E-state index < -0.39 is 10.0 Å². The van der Waals surface area contributed by atoms with Crippen molar-refractivity contribution in [2.24, 2.45) is 0 Å². The standard InChI is InChI=1S/C18H18N2O4S/c1-12-18(11-17(23-12)16-9-10-19-24-16)25(21,22)20-15-8-4-6-13-5-2-3-7-14(13)15/h4,6,8-11,20H,2-3,5,7H2,1H3. The van der Waals surface area contributed by atoms with Gasteiger partial charge in [0.25, 0.3) is 10.0 Å². The molecular formula is C18H18N2O4S. The molecule has 0 spiro atoms. The van der Waals surface area contributed by atoms with Gasteiger partial charge in [-0.05, 0) is 49.8 Å². The normalized spacial score (nSPS) is 14.3. The topological polar surface area (TPSA) is 85.3 Å². The quantitative estimate of drug-likeness (QED) is 0.764. The lowest BCUT2D eigenvalue weighted by Gasteiger charge is -2.19. The summed E-state index contributed by atoms with van der Waals surface area (Å²) < 4.78 is 39.1. The Morgan fingerprint density at radius 1 is 1.12 bits per heavy atom. The summed E-state index contributed by atoms with van der Waals surface area (Å²) in [5.41, 5.74) is 2.96. The molecule has 0 amide bonds. The number of aryl methyl sites for hydroxylation is 2. The van der Waals surface area contributed by atoms with E-state index in [9.17, 15) is 8.42 Å². The zero-order valence-corrected chi connectivity index (χ0v) is 14.6. The van der Waals surface area contributed by atoms with Crippen LogP contribution in [0, 0.1) is 6.92 Å². The minimum Gasteiger partial charge on any atom is -0.456 e. The first-order valence-electron chi connectivity index (χ1n) is 8.20. The molecule has 0 saturated carbocycles. The Morgan fingerprint density at radius 3 is 2.76 bits per heavy atom. The molecule has 130 valence electrons. The number of benzene rings is 1. The van der Waals surface area contributed by atoms with Crippen LogP contribution in [0.1, 0.15) is 29.7 Å². The van der Waals surface area contributed by atoms with Gasteiger partial charge in [0.1, 0.15) is 10.7 Å². The molecule has 4 rings (SSSR count). The smallest absolute Gasteiger partial charge is 0.265 e. The van der Waals surface area contributed by atoms with Gasteiger partial charge in [-0.2, -0.15) is 0 Å². The summed E-state index contributed by atoms with van der Waals surface area (Å²) in [4.78, 5) is 0.104. The minimum atomic E-state index is -3.75. The fourth-order valence-electron chi connectivity index (χ4n) is 3.27. The fraction of sp³-hybridized carbons (Fsp3) is 0.278.